The molecule has 0 bridgehead atoms. The highest BCUT2D eigenvalue weighted by Crippen LogP contribution is 2.21. The highest BCUT2D eigenvalue weighted by molar-refractivity contribution is 7.90. The van der Waals surface area contributed by atoms with Gasteiger partial charge in [0.25, 0.3) is 0 Å². The number of nitrogens with one attached hydrogen (secondary N) is 1. The number of benzene rings is 1. The third-order valence-electron chi connectivity index (χ3n) is 6.53. The van der Waals surface area contributed by atoms with Crippen LogP contribution in [0, 0.1) is 5.92 Å². The van der Waals surface area contributed by atoms with Gasteiger partial charge in [-0.3, -0.25) is 14.5 Å². The summed E-state index contributed by atoms with van der Waals surface area (Å²) in [6.07, 6.45) is 10.0. The SMILES string of the molecule is CS(=O)(=O)c1ccc(N2CCN(C(=O)CN3CC[C@H](C(=O)NC4=CCCC=C4)C3)CC2)cc1. The second kappa shape index (κ2) is 10.1. The van der Waals surface area contributed by atoms with Crippen LogP contribution in [0.2, 0.25) is 0 Å². The van der Waals surface area contributed by atoms with Crippen LogP contribution in [0.3, 0.4) is 0 Å². The summed E-state index contributed by atoms with van der Waals surface area (Å²) in [5.74, 6) is 0.0556. The Labute approximate surface area is 195 Å². The molecule has 0 spiro atoms. The zero-order valence-electron chi connectivity index (χ0n) is 19.1. The lowest BCUT2D eigenvalue weighted by atomic mass is 10.1. The Kier molecular flexibility index (Phi) is 7.19. The number of sulfone groups is 1. The number of nitrogens with zero attached hydrogens (tertiary/aromatic N) is 3. The molecule has 0 radical (unpaired) electrons. The zero-order valence-corrected chi connectivity index (χ0v) is 19.9. The molecule has 1 N–H and O–H groups in total. The average Bonchev–Trinajstić information content (AvgIpc) is 3.28. The summed E-state index contributed by atoms with van der Waals surface area (Å²) in [7, 11) is -3.21. The van der Waals surface area contributed by atoms with E-state index in [1.54, 1.807) is 12.1 Å². The number of rotatable bonds is 6. The van der Waals surface area contributed by atoms with Crippen molar-refractivity contribution >= 4 is 27.3 Å². The number of carbonyl (C=O) groups is 2. The summed E-state index contributed by atoms with van der Waals surface area (Å²) < 4.78 is 23.3. The van der Waals surface area contributed by atoms with E-state index >= 15 is 0 Å². The lowest BCUT2D eigenvalue weighted by Crippen LogP contribution is -2.51. The summed E-state index contributed by atoms with van der Waals surface area (Å²) in [6, 6.07) is 6.90. The third kappa shape index (κ3) is 6.03. The first kappa shape index (κ1) is 23.5. The van der Waals surface area contributed by atoms with Gasteiger partial charge in [-0.1, -0.05) is 12.2 Å². The van der Waals surface area contributed by atoms with Crippen LogP contribution in [0.4, 0.5) is 5.69 Å². The normalized spacial score (nSPS) is 21.7. The van der Waals surface area contributed by atoms with E-state index in [0.717, 1.165) is 37.2 Å². The molecule has 1 aromatic carbocycles. The van der Waals surface area contributed by atoms with Gasteiger partial charge in [0.2, 0.25) is 11.8 Å². The van der Waals surface area contributed by atoms with E-state index in [9.17, 15) is 18.0 Å². The molecule has 0 saturated carbocycles. The zero-order chi connectivity index (χ0) is 23.4. The Hall–Kier alpha value is -2.65. The van der Waals surface area contributed by atoms with Crippen molar-refractivity contribution in [1.29, 1.82) is 0 Å². The van der Waals surface area contributed by atoms with E-state index in [4.69, 9.17) is 0 Å². The number of anilines is 1. The first-order valence-electron chi connectivity index (χ1n) is 11.5. The van der Waals surface area contributed by atoms with Gasteiger partial charge < -0.3 is 15.1 Å². The van der Waals surface area contributed by atoms with Crippen molar-refractivity contribution in [1.82, 2.24) is 15.1 Å². The van der Waals surface area contributed by atoms with Crippen molar-refractivity contribution in [2.75, 3.05) is 57.0 Å². The van der Waals surface area contributed by atoms with Gasteiger partial charge in [-0.2, -0.15) is 0 Å². The van der Waals surface area contributed by atoms with E-state index in [2.05, 4.69) is 21.2 Å². The standard InChI is InChI=1S/C24H32N4O4S/c1-33(31,32)22-9-7-21(8-10-22)27-13-15-28(16-14-27)23(29)18-26-12-11-19(17-26)24(30)25-20-5-3-2-4-6-20/h3,5-10,19H,2,4,11-18H2,1H3,(H,25,30)/t19-/m0/s1. The van der Waals surface area contributed by atoms with E-state index in [0.29, 0.717) is 44.2 Å². The predicted molar refractivity (Wildman–Crippen MR) is 127 cm³/mol. The molecule has 9 heteroatoms. The van der Waals surface area contributed by atoms with Gasteiger partial charge in [0.1, 0.15) is 0 Å². The monoisotopic (exact) mass is 472 g/mol. The number of hydrogen-bond acceptors (Lipinski definition) is 6. The number of hydrogen-bond donors (Lipinski definition) is 1. The van der Waals surface area contributed by atoms with Crippen LogP contribution >= 0.6 is 0 Å². The molecule has 2 amide bonds. The number of amides is 2. The molecule has 0 unspecified atom stereocenters. The molecular formula is C24H32N4O4S. The van der Waals surface area contributed by atoms with Crippen LogP contribution in [-0.4, -0.2) is 82.1 Å². The summed E-state index contributed by atoms with van der Waals surface area (Å²) >= 11 is 0. The van der Waals surface area contributed by atoms with Crippen molar-refractivity contribution in [3.8, 4) is 0 Å². The minimum absolute atomic E-state index is 0.0401. The molecule has 1 aliphatic carbocycles. The first-order chi connectivity index (χ1) is 15.8. The van der Waals surface area contributed by atoms with E-state index in [1.165, 1.54) is 6.26 Å². The minimum atomic E-state index is -3.21. The molecule has 2 fully saturated rings. The molecule has 178 valence electrons. The lowest BCUT2D eigenvalue weighted by molar-refractivity contribution is -0.133. The fraction of sp³-hybridized carbons (Fsp3) is 0.500. The molecule has 1 aromatic rings. The molecule has 0 aromatic heterocycles. The molecular weight excluding hydrogens is 440 g/mol. The van der Waals surface area contributed by atoms with E-state index in [-0.39, 0.29) is 17.7 Å². The summed E-state index contributed by atoms with van der Waals surface area (Å²) in [5, 5.41) is 3.00. The second-order valence-electron chi connectivity index (χ2n) is 8.98. The highest BCUT2D eigenvalue weighted by atomic mass is 32.2. The van der Waals surface area contributed by atoms with Crippen LogP contribution < -0.4 is 10.2 Å². The first-order valence-corrected chi connectivity index (χ1v) is 13.4. The fourth-order valence-electron chi connectivity index (χ4n) is 4.55. The molecule has 2 aliphatic heterocycles. The average molecular weight is 473 g/mol. The van der Waals surface area contributed by atoms with E-state index in [1.807, 2.05) is 29.2 Å². The summed E-state index contributed by atoms with van der Waals surface area (Å²) in [5.41, 5.74) is 1.84. The molecule has 2 saturated heterocycles. The quantitative estimate of drug-likeness (QED) is 0.673. The molecule has 1 atom stereocenters. The number of allylic oxidation sites excluding steroid dienone is 3. The second-order valence-corrected chi connectivity index (χ2v) is 11.0. The molecule has 8 nitrogen and oxygen atoms in total. The van der Waals surface area contributed by atoms with Gasteiger partial charge in [-0.05, 0) is 56.1 Å². The lowest BCUT2D eigenvalue weighted by Gasteiger charge is -2.36. The Morgan fingerprint density at radius 2 is 1.76 bits per heavy atom. The van der Waals surface area contributed by atoms with Crippen molar-refractivity contribution < 1.29 is 18.0 Å². The van der Waals surface area contributed by atoms with Crippen LogP contribution in [0.15, 0.2) is 53.1 Å². The van der Waals surface area contributed by atoms with Crippen molar-refractivity contribution in [3.05, 3.63) is 48.2 Å². The topological polar surface area (TPSA) is 90.0 Å². The maximum absolute atomic E-state index is 12.8. The van der Waals surface area contributed by atoms with Gasteiger partial charge in [-0.25, -0.2) is 8.42 Å². The van der Waals surface area contributed by atoms with Gasteiger partial charge in [0, 0.05) is 50.4 Å². The van der Waals surface area contributed by atoms with Crippen LogP contribution in [0.25, 0.3) is 0 Å². The summed E-state index contributed by atoms with van der Waals surface area (Å²) in [4.78, 5) is 31.8. The fourth-order valence-corrected chi connectivity index (χ4v) is 5.18. The van der Waals surface area contributed by atoms with Crippen molar-refractivity contribution in [2.45, 2.75) is 24.2 Å². The molecule has 33 heavy (non-hydrogen) atoms. The van der Waals surface area contributed by atoms with Gasteiger partial charge >= 0.3 is 0 Å². The predicted octanol–water partition coefficient (Wildman–Crippen LogP) is 1.41. The van der Waals surface area contributed by atoms with Crippen LogP contribution in [-0.2, 0) is 19.4 Å². The van der Waals surface area contributed by atoms with Crippen LogP contribution in [0.1, 0.15) is 19.3 Å². The molecule has 2 heterocycles. The third-order valence-corrected chi connectivity index (χ3v) is 7.66. The van der Waals surface area contributed by atoms with Crippen molar-refractivity contribution in [2.24, 2.45) is 5.92 Å². The Morgan fingerprint density at radius 1 is 1.03 bits per heavy atom. The van der Waals surface area contributed by atoms with Crippen LogP contribution in [0.5, 0.6) is 0 Å². The molecule has 3 aliphatic rings. The van der Waals surface area contributed by atoms with Gasteiger partial charge in [-0.15, -0.1) is 0 Å². The van der Waals surface area contributed by atoms with Gasteiger partial charge in [0.15, 0.2) is 9.84 Å². The number of piperazine rings is 1. The Balaban J connectivity index is 1.22. The molecule has 4 rings (SSSR count). The smallest absolute Gasteiger partial charge is 0.236 e. The summed E-state index contributed by atoms with van der Waals surface area (Å²) in [6.45, 7) is 4.38. The Morgan fingerprint density at radius 3 is 2.39 bits per heavy atom. The van der Waals surface area contributed by atoms with Crippen molar-refractivity contribution in [3.63, 3.8) is 0 Å². The largest absolute Gasteiger partial charge is 0.368 e. The maximum atomic E-state index is 12.8. The minimum Gasteiger partial charge on any atom is -0.368 e. The highest BCUT2D eigenvalue weighted by Gasteiger charge is 2.31. The van der Waals surface area contributed by atoms with Gasteiger partial charge in [0.05, 0.1) is 17.4 Å². The number of likely N-dealkylation sites (tertiary alicyclic amines) is 1. The Bertz CT molecular complexity index is 1040. The van der Waals surface area contributed by atoms with E-state index < -0.39 is 9.84 Å². The maximum Gasteiger partial charge on any atom is 0.236 e. The number of carbonyl (C=O) groups excluding carboxylic acids is 2.